The number of benzene rings is 9. The van der Waals surface area contributed by atoms with E-state index in [2.05, 4.69) is 15.0 Å². The fourth-order valence-corrected chi connectivity index (χ4v) is 13.8. The number of ketones is 3. The van der Waals surface area contributed by atoms with Crippen LogP contribution < -0.4 is 14.7 Å². The maximum absolute atomic E-state index is 13.4. The third-order valence-corrected chi connectivity index (χ3v) is 18.6. The predicted octanol–water partition coefficient (Wildman–Crippen LogP) is 15.6. The molecule has 6 N–H and O–H groups in total. The maximum Gasteiger partial charge on any atom is 0.274 e. The molecular formula is C72H57Cl3N6O9. The van der Waals surface area contributed by atoms with Crippen molar-refractivity contribution in [2.24, 2.45) is 0 Å². The van der Waals surface area contributed by atoms with Gasteiger partial charge < -0.3 is 45.0 Å². The van der Waals surface area contributed by atoms with Gasteiger partial charge in [-0.15, -0.1) is 34.8 Å². The van der Waals surface area contributed by atoms with Crippen molar-refractivity contribution in [1.29, 1.82) is 0 Å². The minimum atomic E-state index is -0.195. The van der Waals surface area contributed by atoms with Gasteiger partial charge in [-0.05, 0) is 126 Å². The van der Waals surface area contributed by atoms with Gasteiger partial charge in [0.05, 0.1) is 17.1 Å². The van der Waals surface area contributed by atoms with Gasteiger partial charge in [-0.1, -0.05) is 72.8 Å². The molecule has 90 heavy (non-hydrogen) atoms. The number of halogens is 3. The van der Waals surface area contributed by atoms with Gasteiger partial charge in [0, 0.05) is 139 Å². The summed E-state index contributed by atoms with van der Waals surface area (Å²) in [7, 11) is 0. The average Bonchev–Trinajstić information content (AvgIpc) is 1.59. The number of nitrogens with one attached hydrogen (secondary N) is 3. The minimum absolute atomic E-state index is 0.0215. The summed E-state index contributed by atoms with van der Waals surface area (Å²) < 4.78 is 0. The maximum atomic E-state index is 13.4. The first-order valence-electron chi connectivity index (χ1n) is 29.2. The lowest BCUT2D eigenvalue weighted by Crippen LogP contribution is -2.30. The third-order valence-electron chi connectivity index (χ3n) is 17.5. The molecule has 0 spiro atoms. The number of phenolic OH excluding ortho intramolecular Hbond substituents is 3. The lowest BCUT2D eigenvalue weighted by molar-refractivity contribution is 0.0977. The van der Waals surface area contributed by atoms with E-state index in [9.17, 15) is 44.1 Å². The number of aromatic hydroxyl groups is 3. The Morgan fingerprint density at radius 3 is 0.878 bits per heavy atom. The molecule has 15 rings (SSSR count). The molecule has 6 heterocycles. The number of aromatic nitrogens is 3. The second-order valence-corrected chi connectivity index (χ2v) is 24.0. The highest BCUT2D eigenvalue weighted by molar-refractivity contribution is 6.21. The normalized spacial score (nSPS) is 15.7. The molecule has 3 atom stereocenters. The topological polar surface area (TPSA) is 220 Å². The van der Waals surface area contributed by atoms with E-state index >= 15 is 0 Å². The van der Waals surface area contributed by atoms with Crippen LogP contribution in [0.5, 0.6) is 17.2 Å². The second kappa shape index (κ2) is 23.5. The summed E-state index contributed by atoms with van der Waals surface area (Å²) in [5, 5.41) is 39.1. The van der Waals surface area contributed by atoms with Gasteiger partial charge in [-0.2, -0.15) is 0 Å². The number of carbonyl (C=O) groups excluding carboxylic acids is 6. The number of Topliss-reactive ketones (excluding diaryl/α,β-unsaturated/α-hetero) is 3. The van der Waals surface area contributed by atoms with E-state index < -0.39 is 0 Å². The Labute approximate surface area is 530 Å². The number of amides is 3. The number of phenols is 3. The second-order valence-electron chi connectivity index (χ2n) is 23.0. The largest absolute Gasteiger partial charge is 0.507 e. The third kappa shape index (κ3) is 10.3. The molecule has 9 aromatic carbocycles. The molecular weight excluding hydrogens is 1200 g/mol. The molecule has 0 saturated carbocycles. The van der Waals surface area contributed by atoms with Crippen molar-refractivity contribution in [2.75, 3.05) is 52.0 Å². The quantitative estimate of drug-likeness (QED) is 0.0597. The van der Waals surface area contributed by atoms with Gasteiger partial charge in [0.1, 0.15) is 34.3 Å². The fraction of sp³-hybridized carbons (Fsp3) is 0.167. The molecule has 15 nitrogen and oxygen atoms in total. The van der Waals surface area contributed by atoms with Crippen molar-refractivity contribution < 1.29 is 44.1 Å². The predicted molar refractivity (Wildman–Crippen MR) is 357 cm³/mol. The van der Waals surface area contributed by atoms with Crippen LogP contribution in [0.4, 0.5) is 17.1 Å². The fourth-order valence-electron chi connectivity index (χ4n) is 13.1. The Bertz CT molecular complexity index is 4520. The molecule has 3 aliphatic heterocycles. The van der Waals surface area contributed by atoms with Crippen molar-refractivity contribution in [3.8, 4) is 17.2 Å². The number of aromatic amines is 3. The molecule has 3 aliphatic rings. The van der Waals surface area contributed by atoms with Crippen molar-refractivity contribution in [3.05, 3.63) is 214 Å². The van der Waals surface area contributed by atoms with Gasteiger partial charge in [0.15, 0.2) is 17.3 Å². The smallest absolute Gasteiger partial charge is 0.274 e. The highest BCUT2D eigenvalue weighted by Crippen LogP contribution is 2.49. The first-order chi connectivity index (χ1) is 43.4. The standard InChI is InChI=1S/3C24H19ClN2O3/c3*1-13(28)14-6-7-19-15(8-14)9-20(26-19)24(30)27-12-16(11-25)23-18-5-3-2-4-17(18)22(29)10-21(23)27/h3*2-10,16,26,29H,11-12H2,1H3/t3*16-/m111/s1. The first-order valence-corrected chi connectivity index (χ1v) is 30.8. The summed E-state index contributed by atoms with van der Waals surface area (Å²) in [6.45, 7) is 5.88. The van der Waals surface area contributed by atoms with Gasteiger partial charge in [0.2, 0.25) is 0 Å². The number of H-pyrrole nitrogens is 3. The Hall–Kier alpha value is -9.93. The molecule has 0 radical (unpaired) electrons. The van der Waals surface area contributed by atoms with E-state index in [1.807, 2.05) is 91.0 Å². The number of hydrogen-bond acceptors (Lipinski definition) is 9. The summed E-state index contributed by atoms with van der Waals surface area (Å²) in [6.07, 6.45) is 0. The molecule has 12 aromatic rings. The Morgan fingerprint density at radius 1 is 0.378 bits per heavy atom. The number of hydrogen-bond donors (Lipinski definition) is 6. The zero-order valence-corrected chi connectivity index (χ0v) is 51.1. The highest BCUT2D eigenvalue weighted by Gasteiger charge is 2.38. The van der Waals surface area contributed by atoms with E-state index in [1.54, 1.807) is 87.5 Å². The van der Waals surface area contributed by atoms with Crippen LogP contribution in [0.25, 0.3) is 65.0 Å². The number of alkyl halides is 3. The number of fused-ring (bicyclic) bond motifs is 12. The zero-order valence-electron chi connectivity index (χ0n) is 48.8. The Balaban J connectivity index is 0.000000124. The lowest BCUT2D eigenvalue weighted by Gasteiger charge is -2.17. The van der Waals surface area contributed by atoms with Crippen molar-refractivity contribution >= 4 is 152 Å². The van der Waals surface area contributed by atoms with Gasteiger partial charge in [0.25, 0.3) is 17.7 Å². The van der Waals surface area contributed by atoms with Crippen LogP contribution in [-0.2, 0) is 0 Å². The summed E-state index contributed by atoms with van der Waals surface area (Å²) in [4.78, 5) is 89.7. The minimum Gasteiger partial charge on any atom is -0.507 e. The number of nitrogens with zero attached hydrogens (tertiary/aromatic N) is 3. The van der Waals surface area contributed by atoms with E-state index in [1.165, 1.54) is 20.8 Å². The number of carbonyl (C=O) groups is 6. The SMILES string of the molecule is CC(=O)c1ccc2[nH]c(C(=O)N3C[C@@H](CCl)c4c3cc(O)c3ccccc43)cc2c1.CC(=O)c1ccc2[nH]c(C(=O)N3C[C@@H](CCl)c4c3cc(O)c3ccccc43)cc2c1.CC(=O)c1ccc2[nH]c(C(=O)N3C[C@@H](CCl)c4c3cc(O)c3ccccc43)cc2c1. The number of anilines is 3. The van der Waals surface area contributed by atoms with Crippen LogP contribution in [0.1, 0.15) is 118 Å². The Kier molecular flexibility index (Phi) is 15.4. The molecule has 18 heteroatoms. The van der Waals surface area contributed by atoms with Gasteiger partial charge in [-0.3, -0.25) is 28.8 Å². The molecule has 0 fully saturated rings. The van der Waals surface area contributed by atoms with Crippen LogP contribution in [0.15, 0.2) is 164 Å². The van der Waals surface area contributed by atoms with Crippen LogP contribution >= 0.6 is 34.8 Å². The monoisotopic (exact) mass is 1250 g/mol. The summed E-state index contributed by atoms with van der Waals surface area (Å²) in [6, 6.07) is 49.1. The van der Waals surface area contributed by atoms with E-state index in [0.29, 0.717) is 88.1 Å². The van der Waals surface area contributed by atoms with Crippen LogP contribution in [0, 0.1) is 0 Å². The zero-order chi connectivity index (χ0) is 63.0. The molecule has 0 bridgehead atoms. The molecule has 0 saturated heterocycles. The summed E-state index contributed by atoms with van der Waals surface area (Å²) in [5.41, 5.74) is 10.5. The lowest BCUT2D eigenvalue weighted by atomic mass is 9.95. The average molecular weight is 1260 g/mol. The number of rotatable bonds is 9. The van der Waals surface area contributed by atoms with E-state index in [-0.39, 0.29) is 70.1 Å². The van der Waals surface area contributed by atoms with Gasteiger partial charge in [-0.25, -0.2) is 0 Å². The van der Waals surface area contributed by atoms with Crippen LogP contribution in [0.3, 0.4) is 0 Å². The first kappa shape index (κ1) is 59.1. The van der Waals surface area contributed by atoms with Crippen molar-refractivity contribution in [1.82, 2.24) is 15.0 Å². The summed E-state index contributed by atoms with van der Waals surface area (Å²) in [5.74, 6) is 0.822. The van der Waals surface area contributed by atoms with E-state index in [4.69, 9.17) is 34.8 Å². The van der Waals surface area contributed by atoms with Gasteiger partial charge >= 0.3 is 0 Å². The molecule has 3 amide bonds. The molecule has 0 aliphatic carbocycles. The van der Waals surface area contributed by atoms with E-state index in [0.717, 1.165) is 81.7 Å². The molecule has 450 valence electrons. The summed E-state index contributed by atoms with van der Waals surface area (Å²) >= 11 is 18.8. The van der Waals surface area contributed by atoms with Crippen molar-refractivity contribution in [3.63, 3.8) is 0 Å². The van der Waals surface area contributed by atoms with Crippen LogP contribution in [0.2, 0.25) is 0 Å². The van der Waals surface area contributed by atoms with Crippen molar-refractivity contribution in [2.45, 2.75) is 38.5 Å². The van der Waals surface area contributed by atoms with Crippen LogP contribution in [-0.4, -0.2) is 103 Å². The Morgan fingerprint density at radius 2 is 0.633 bits per heavy atom. The molecule has 0 unspecified atom stereocenters. The molecule has 3 aromatic heterocycles. The highest BCUT2D eigenvalue weighted by atomic mass is 35.5.